The van der Waals surface area contributed by atoms with Crippen LogP contribution in [0.3, 0.4) is 0 Å². The van der Waals surface area contributed by atoms with E-state index in [0.717, 1.165) is 65.2 Å². The summed E-state index contributed by atoms with van der Waals surface area (Å²) in [5.74, 6) is 0. The van der Waals surface area contributed by atoms with Crippen LogP contribution in [0.4, 0.5) is 0 Å². The van der Waals surface area contributed by atoms with Gasteiger partial charge in [-0.2, -0.15) is 0 Å². The second-order valence-electron chi connectivity index (χ2n) is 20.2. The van der Waals surface area contributed by atoms with E-state index >= 15 is 0 Å². The summed E-state index contributed by atoms with van der Waals surface area (Å²) < 4.78 is 0. The number of hydrogen-bond acceptors (Lipinski definition) is 8. The zero-order valence-corrected chi connectivity index (χ0v) is 46.7. The molecule has 8 heteroatoms. The molecule has 0 spiro atoms. The van der Waals surface area contributed by atoms with Gasteiger partial charge in [0.2, 0.25) is 0 Å². The Labute approximate surface area is 399 Å². The van der Waals surface area contributed by atoms with Crippen LogP contribution in [0.2, 0.25) is 0 Å². The van der Waals surface area contributed by atoms with E-state index < -0.39 is 0 Å². The average Bonchev–Trinajstić information content (AvgIpc) is 4.02. The SMILES string of the molecule is CC.CC.CC.CC.CC(C)(C)C.CC(C)(C)C.CC(C)(C)c1nc2c(s1)CCNC2.CC(C)(C)c1nc2c(s1)CNCC2.c1ccc2c(c1)CCNC2.c1ccc2c(c1)CNC2. The molecule has 0 saturated carbocycles. The molecule has 8 rings (SSSR count). The molecule has 0 fully saturated rings. The van der Waals surface area contributed by atoms with E-state index in [2.05, 4.69) is 172 Å². The maximum atomic E-state index is 4.70. The van der Waals surface area contributed by atoms with Crippen molar-refractivity contribution in [3.63, 3.8) is 0 Å². The fourth-order valence-corrected chi connectivity index (χ4v) is 7.82. The molecule has 6 nitrogen and oxygen atoms in total. The smallest absolute Gasteiger partial charge is 0.0985 e. The van der Waals surface area contributed by atoms with Crippen LogP contribution in [0.5, 0.6) is 0 Å². The Kier molecular flexibility index (Phi) is 32.9. The lowest BCUT2D eigenvalue weighted by Crippen LogP contribution is -2.23. The van der Waals surface area contributed by atoms with Crippen molar-refractivity contribution in [1.82, 2.24) is 31.2 Å². The highest BCUT2D eigenvalue weighted by atomic mass is 32.1. The van der Waals surface area contributed by atoms with Crippen molar-refractivity contribution >= 4 is 22.7 Å². The predicted molar refractivity (Wildman–Crippen MR) is 287 cm³/mol. The Bertz CT molecular complexity index is 1530. The highest BCUT2D eigenvalue weighted by Crippen LogP contribution is 2.31. The molecule has 362 valence electrons. The molecule has 4 N–H and O–H groups in total. The van der Waals surface area contributed by atoms with E-state index in [-0.39, 0.29) is 10.8 Å². The highest BCUT2D eigenvalue weighted by Gasteiger charge is 2.23. The molecule has 0 atom stereocenters. The van der Waals surface area contributed by atoms with Gasteiger partial charge in [-0.25, -0.2) is 9.97 Å². The molecule has 0 radical (unpaired) electrons. The van der Waals surface area contributed by atoms with Crippen molar-refractivity contribution in [2.24, 2.45) is 10.8 Å². The van der Waals surface area contributed by atoms with Gasteiger partial charge in [0, 0.05) is 72.8 Å². The second kappa shape index (κ2) is 33.1. The topological polar surface area (TPSA) is 73.9 Å². The number of aromatic nitrogens is 2. The van der Waals surface area contributed by atoms with Crippen LogP contribution >= 0.6 is 22.7 Å². The van der Waals surface area contributed by atoms with E-state index in [4.69, 9.17) is 4.98 Å². The zero-order valence-electron chi connectivity index (χ0n) is 45.1. The first-order valence-corrected chi connectivity index (χ1v) is 26.2. The minimum atomic E-state index is 0.210. The first kappa shape index (κ1) is 62.6. The van der Waals surface area contributed by atoms with Crippen molar-refractivity contribution in [1.29, 1.82) is 0 Å². The third-order valence-corrected chi connectivity index (χ3v) is 11.3. The first-order valence-electron chi connectivity index (χ1n) is 24.5. The molecule has 4 aliphatic heterocycles. The van der Waals surface area contributed by atoms with Gasteiger partial charge in [0.1, 0.15) is 0 Å². The van der Waals surface area contributed by atoms with Gasteiger partial charge in [-0.05, 0) is 52.5 Å². The van der Waals surface area contributed by atoms with Crippen LogP contribution in [0.25, 0.3) is 0 Å². The van der Waals surface area contributed by atoms with Gasteiger partial charge in [0.05, 0.1) is 21.4 Å². The van der Waals surface area contributed by atoms with Crippen LogP contribution in [0, 0.1) is 10.8 Å². The average molecular weight is 910 g/mol. The van der Waals surface area contributed by atoms with Crippen molar-refractivity contribution in [2.45, 2.75) is 215 Å². The molecule has 0 amide bonds. The van der Waals surface area contributed by atoms with Gasteiger partial charge < -0.3 is 21.3 Å². The Morgan fingerprint density at radius 2 is 0.714 bits per heavy atom. The Hall–Kier alpha value is -2.46. The van der Waals surface area contributed by atoms with Crippen LogP contribution < -0.4 is 21.3 Å². The van der Waals surface area contributed by atoms with Gasteiger partial charge in [-0.15, -0.1) is 22.7 Å². The van der Waals surface area contributed by atoms with Crippen molar-refractivity contribution in [3.05, 3.63) is 102 Å². The van der Waals surface area contributed by atoms with Gasteiger partial charge in [0.25, 0.3) is 0 Å². The molecule has 2 aromatic heterocycles. The van der Waals surface area contributed by atoms with Crippen molar-refractivity contribution in [2.75, 3.05) is 19.6 Å². The normalized spacial score (nSPS) is 14.2. The number of rotatable bonds is 0. The number of hydrogen-bond donors (Lipinski definition) is 4. The van der Waals surface area contributed by atoms with Gasteiger partial charge in [-0.1, -0.05) is 201 Å². The molecule has 0 bridgehead atoms. The fraction of sp³-hybridized carbons (Fsp3) is 0.673. The van der Waals surface area contributed by atoms with E-state index in [1.54, 1.807) is 0 Å². The van der Waals surface area contributed by atoms with E-state index in [9.17, 15) is 0 Å². The molecule has 0 aliphatic carbocycles. The number of thiazole rings is 2. The summed E-state index contributed by atoms with van der Waals surface area (Å²) in [4.78, 5) is 12.3. The van der Waals surface area contributed by atoms with E-state index in [1.165, 1.54) is 59.8 Å². The zero-order chi connectivity index (χ0) is 48.9. The highest BCUT2D eigenvalue weighted by molar-refractivity contribution is 7.12. The molecule has 2 aromatic carbocycles. The van der Waals surface area contributed by atoms with E-state index in [0.29, 0.717) is 10.8 Å². The molecule has 4 aromatic rings. The minimum Gasteiger partial charge on any atom is -0.312 e. The van der Waals surface area contributed by atoms with Crippen molar-refractivity contribution < 1.29 is 0 Å². The number of nitrogens with one attached hydrogen (secondary N) is 4. The lowest BCUT2D eigenvalue weighted by molar-refractivity contribution is 0.469. The van der Waals surface area contributed by atoms with Gasteiger partial charge >= 0.3 is 0 Å². The molecular formula is C55H100N6S2. The lowest BCUT2D eigenvalue weighted by Gasteiger charge is -2.15. The molecule has 63 heavy (non-hydrogen) atoms. The minimum absolute atomic E-state index is 0.210. The summed E-state index contributed by atoms with van der Waals surface area (Å²) in [5, 5.41) is 15.9. The molecule has 4 aliphatic rings. The summed E-state index contributed by atoms with van der Waals surface area (Å²) in [7, 11) is 0. The van der Waals surface area contributed by atoms with E-state index in [1.807, 2.05) is 78.1 Å². The molecule has 0 saturated heterocycles. The Balaban J connectivity index is 0. The standard InChI is InChI=1S/2C10H16N2S.C9H11N.C8H9N.2C5H12.4C2H6/c1-10(2,3)9-12-7-6-11-5-4-8(7)13-9;1-10(2,3)9-12-7-4-5-11-6-8(7)13-9;1-2-4-9-7-10-6-5-8(9)3-1;1-2-4-8-6-9-5-7(8)3-1;2*1-5(2,3)4;4*1-2/h2*11H,4-6H2,1-3H3;1-4,10H,5-7H2;1-4,9H,5-6H2;2*1-4H3;4*1-2H3. The first-order chi connectivity index (χ1) is 29.6. The van der Waals surface area contributed by atoms with Crippen molar-refractivity contribution in [3.8, 4) is 0 Å². The van der Waals surface area contributed by atoms with Crippen LogP contribution in [-0.2, 0) is 62.8 Å². The predicted octanol–water partition coefficient (Wildman–Crippen LogP) is 15.0. The monoisotopic (exact) mass is 909 g/mol. The maximum Gasteiger partial charge on any atom is 0.0985 e. The summed E-state index contributed by atoms with van der Waals surface area (Å²) in [6, 6.07) is 17.2. The number of fused-ring (bicyclic) bond motifs is 4. The van der Waals surface area contributed by atoms with Gasteiger partial charge in [-0.3, -0.25) is 0 Å². The second-order valence-corrected chi connectivity index (χ2v) is 22.4. The molecule has 0 unspecified atom stereocenters. The third-order valence-electron chi connectivity index (χ3n) is 8.24. The van der Waals surface area contributed by atoms with Crippen LogP contribution in [-0.4, -0.2) is 29.6 Å². The third kappa shape index (κ3) is 28.9. The summed E-state index contributed by atoms with van der Waals surface area (Å²) in [6.07, 6.45) is 3.45. The lowest BCUT2D eigenvalue weighted by atomic mass is 9.98. The maximum absolute atomic E-state index is 4.70. The summed E-state index contributed by atoms with van der Waals surface area (Å²) >= 11 is 3.76. The van der Waals surface area contributed by atoms with Crippen LogP contribution in [0.1, 0.15) is 206 Å². The molecule has 6 heterocycles. The number of nitrogens with zero attached hydrogens (tertiary/aromatic N) is 2. The Morgan fingerprint density at radius 1 is 0.381 bits per heavy atom. The quantitative estimate of drug-likeness (QED) is 0.141. The van der Waals surface area contributed by atoms with Gasteiger partial charge in [0.15, 0.2) is 0 Å². The fourth-order valence-electron chi connectivity index (χ4n) is 5.55. The Morgan fingerprint density at radius 3 is 1.13 bits per heavy atom. The summed E-state index contributed by atoms with van der Waals surface area (Å²) in [6.45, 7) is 55.3. The summed E-state index contributed by atoms with van der Waals surface area (Å²) in [5.41, 5.74) is 9.92. The van der Waals surface area contributed by atoms with Crippen LogP contribution in [0.15, 0.2) is 48.5 Å². The largest absolute Gasteiger partial charge is 0.312 e. The number of benzene rings is 2. The molecular weight excluding hydrogens is 809 g/mol.